The van der Waals surface area contributed by atoms with Crippen molar-refractivity contribution in [1.29, 1.82) is 0 Å². The summed E-state index contributed by atoms with van der Waals surface area (Å²) in [5.74, 6) is -1.59. The normalized spacial score (nSPS) is 12.1. The Bertz CT molecular complexity index is 1610. The van der Waals surface area contributed by atoms with Crippen molar-refractivity contribution in [3.8, 4) is 0 Å². The van der Waals surface area contributed by atoms with E-state index in [1.54, 1.807) is 12.1 Å². The zero-order valence-electron chi connectivity index (χ0n) is 21.6. The topological polar surface area (TPSA) is 123 Å². The third-order valence-electron chi connectivity index (χ3n) is 6.48. The Morgan fingerprint density at radius 3 is 2.33 bits per heavy atom. The van der Waals surface area contributed by atoms with Gasteiger partial charge in [-0.3, -0.25) is 9.59 Å². The first kappa shape index (κ1) is 27.8. The van der Waals surface area contributed by atoms with Crippen LogP contribution in [0.4, 0.5) is 0 Å². The van der Waals surface area contributed by atoms with Crippen LogP contribution in [0.3, 0.4) is 0 Å². The quantitative estimate of drug-likeness (QED) is 0.263. The highest BCUT2D eigenvalue weighted by atomic mass is 32.2. The molecule has 0 fully saturated rings. The van der Waals surface area contributed by atoms with Crippen molar-refractivity contribution in [2.45, 2.75) is 43.4 Å². The molecule has 0 saturated carbocycles. The maximum absolute atomic E-state index is 13.3. The Balaban J connectivity index is 1.41. The first-order valence-corrected chi connectivity index (χ1v) is 14.2. The van der Waals surface area contributed by atoms with Gasteiger partial charge in [-0.15, -0.1) is 0 Å². The van der Waals surface area contributed by atoms with E-state index in [-0.39, 0.29) is 16.4 Å². The molecule has 3 aromatic carbocycles. The second-order valence-electron chi connectivity index (χ2n) is 9.39. The summed E-state index contributed by atoms with van der Waals surface area (Å²) >= 11 is 0. The summed E-state index contributed by atoms with van der Waals surface area (Å²) in [6.07, 6.45) is 3.58. The van der Waals surface area contributed by atoms with E-state index in [4.69, 9.17) is 4.42 Å². The van der Waals surface area contributed by atoms with Crippen molar-refractivity contribution in [1.82, 2.24) is 10.0 Å². The van der Waals surface area contributed by atoms with E-state index in [9.17, 15) is 22.8 Å². The second kappa shape index (κ2) is 12.5. The van der Waals surface area contributed by atoms with Gasteiger partial charge in [0, 0.05) is 12.6 Å². The summed E-state index contributed by atoms with van der Waals surface area (Å²) in [6, 6.07) is 22.4. The molecular weight excluding hydrogens is 516 g/mol. The number of carbonyl (C=O) groups excluding carboxylic acids is 2. The number of aryl methyl sites for hydroxylation is 1. The maximum atomic E-state index is 13.3. The van der Waals surface area contributed by atoms with Crippen LogP contribution in [0.2, 0.25) is 0 Å². The number of hydrogen-bond donors (Lipinski definition) is 2. The van der Waals surface area contributed by atoms with E-state index in [1.807, 2.05) is 49.4 Å². The molecule has 4 aromatic rings. The van der Waals surface area contributed by atoms with Gasteiger partial charge < -0.3 is 9.73 Å². The number of carbonyl (C=O) groups is 2. The van der Waals surface area contributed by atoms with Crippen LogP contribution in [-0.4, -0.2) is 26.8 Å². The fraction of sp³-hybridized carbons (Fsp3) is 0.233. The zero-order valence-corrected chi connectivity index (χ0v) is 22.4. The number of amides is 2. The first-order chi connectivity index (χ1) is 18.7. The van der Waals surface area contributed by atoms with Crippen LogP contribution < -0.4 is 15.7 Å². The molecule has 2 amide bonds. The Hall–Kier alpha value is -4.24. The summed E-state index contributed by atoms with van der Waals surface area (Å²) in [6.45, 7) is 2.27. The molecule has 0 aliphatic heterocycles. The van der Waals surface area contributed by atoms with E-state index in [2.05, 4.69) is 10.0 Å². The predicted octanol–water partition coefficient (Wildman–Crippen LogP) is 4.68. The number of hydrogen-bond acceptors (Lipinski definition) is 6. The number of unbranched alkanes of at least 4 members (excludes halogenated alkanes) is 2. The van der Waals surface area contributed by atoms with Crippen molar-refractivity contribution < 1.29 is 22.4 Å². The predicted molar refractivity (Wildman–Crippen MR) is 149 cm³/mol. The highest BCUT2D eigenvalue weighted by molar-refractivity contribution is 7.90. The Kier molecular flexibility index (Phi) is 8.93. The summed E-state index contributed by atoms with van der Waals surface area (Å²) < 4.78 is 32.8. The van der Waals surface area contributed by atoms with Crippen molar-refractivity contribution in [3.63, 3.8) is 0 Å². The molecule has 1 aromatic heterocycles. The largest absolute Gasteiger partial charge is 0.430 e. The first-order valence-electron chi connectivity index (χ1n) is 12.7. The summed E-state index contributed by atoms with van der Waals surface area (Å²) in [5.41, 5.74) is 1.39. The molecule has 2 N–H and O–H groups in total. The lowest BCUT2D eigenvalue weighted by Crippen LogP contribution is -2.34. The monoisotopic (exact) mass is 546 g/mol. The van der Waals surface area contributed by atoms with E-state index in [0.29, 0.717) is 32.2 Å². The molecule has 202 valence electrons. The molecule has 1 atom stereocenters. The zero-order chi connectivity index (χ0) is 27.8. The fourth-order valence-electron chi connectivity index (χ4n) is 4.29. The molecule has 0 radical (unpaired) electrons. The van der Waals surface area contributed by atoms with Crippen LogP contribution in [0.1, 0.15) is 53.1 Å². The highest BCUT2D eigenvalue weighted by Gasteiger charge is 2.26. The van der Waals surface area contributed by atoms with Crippen LogP contribution in [0.15, 0.2) is 99.2 Å². The smallest absolute Gasteiger partial charge is 0.335 e. The van der Waals surface area contributed by atoms with Crippen LogP contribution >= 0.6 is 0 Å². The molecule has 1 heterocycles. The average Bonchev–Trinajstić information content (AvgIpc) is 2.92. The minimum atomic E-state index is -4.02. The molecule has 0 bridgehead atoms. The van der Waals surface area contributed by atoms with Gasteiger partial charge in [0.25, 0.3) is 15.9 Å². The standard InChI is InChI=1S/C30H30N2O6S/c1-21-10-15-26(16-11-21)39(36,37)32-30(35)27(24-13-12-22-7-4-5-8-23(22)19-24)9-3-2-6-18-31-29(34)25-14-17-28(33)38-20-25/h4-5,7-8,10-17,19-20,27H,2-3,6,9,18H2,1H3,(H,31,34)(H,32,35). The minimum Gasteiger partial charge on any atom is -0.430 e. The third-order valence-corrected chi connectivity index (χ3v) is 7.84. The van der Waals surface area contributed by atoms with Crippen molar-refractivity contribution >= 4 is 32.6 Å². The Morgan fingerprint density at radius 2 is 1.62 bits per heavy atom. The molecule has 0 spiro atoms. The third kappa shape index (κ3) is 7.42. The van der Waals surface area contributed by atoms with E-state index >= 15 is 0 Å². The van der Waals surface area contributed by atoms with Crippen LogP contribution in [-0.2, 0) is 14.8 Å². The lowest BCUT2D eigenvalue weighted by atomic mass is 9.91. The molecular formula is C30H30N2O6S. The summed E-state index contributed by atoms with van der Waals surface area (Å²) in [7, 11) is -4.02. The number of fused-ring (bicyclic) bond motifs is 1. The summed E-state index contributed by atoms with van der Waals surface area (Å²) in [4.78, 5) is 36.6. The van der Waals surface area contributed by atoms with Gasteiger partial charge in [0.15, 0.2) is 0 Å². The van der Waals surface area contributed by atoms with Crippen LogP contribution in [0.25, 0.3) is 10.8 Å². The van der Waals surface area contributed by atoms with Crippen molar-refractivity contribution in [2.24, 2.45) is 0 Å². The van der Waals surface area contributed by atoms with Gasteiger partial charge in [0.1, 0.15) is 6.26 Å². The Morgan fingerprint density at radius 1 is 0.872 bits per heavy atom. The van der Waals surface area contributed by atoms with Crippen molar-refractivity contribution in [3.05, 3.63) is 112 Å². The van der Waals surface area contributed by atoms with E-state index < -0.39 is 27.5 Å². The number of benzene rings is 3. The number of nitrogens with one attached hydrogen (secondary N) is 2. The van der Waals surface area contributed by atoms with Gasteiger partial charge in [0.05, 0.1) is 16.4 Å². The number of rotatable bonds is 11. The van der Waals surface area contributed by atoms with Crippen LogP contribution in [0, 0.1) is 6.92 Å². The molecule has 0 aliphatic rings. The van der Waals surface area contributed by atoms with Crippen LogP contribution in [0.5, 0.6) is 0 Å². The molecule has 9 heteroatoms. The fourth-order valence-corrected chi connectivity index (χ4v) is 5.31. The molecule has 4 rings (SSSR count). The Labute approximate surface area is 227 Å². The van der Waals surface area contributed by atoms with Gasteiger partial charge >= 0.3 is 5.63 Å². The lowest BCUT2D eigenvalue weighted by molar-refractivity contribution is -0.121. The van der Waals surface area contributed by atoms with Gasteiger partial charge in [-0.1, -0.05) is 73.0 Å². The van der Waals surface area contributed by atoms with E-state index in [1.165, 1.54) is 24.3 Å². The maximum Gasteiger partial charge on any atom is 0.335 e. The van der Waals surface area contributed by atoms with Gasteiger partial charge in [-0.2, -0.15) is 0 Å². The minimum absolute atomic E-state index is 0.0344. The molecule has 0 saturated heterocycles. The highest BCUT2D eigenvalue weighted by Crippen LogP contribution is 2.27. The van der Waals surface area contributed by atoms with E-state index in [0.717, 1.165) is 28.2 Å². The molecule has 0 aliphatic carbocycles. The summed E-state index contributed by atoms with van der Waals surface area (Å²) in [5, 5.41) is 4.77. The van der Waals surface area contributed by atoms with Gasteiger partial charge in [0.2, 0.25) is 5.91 Å². The van der Waals surface area contributed by atoms with Crippen molar-refractivity contribution in [2.75, 3.05) is 6.54 Å². The van der Waals surface area contributed by atoms with Gasteiger partial charge in [-0.25, -0.2) is 17.9 Å². The molecule has 8 nitrogen and oxygen atoms in total. The van der Waals surface area contributed by atoms with Gasteiger partial charge in [-0.05, 0) is 54.3 Å². The molecule has 1 unspecified atom stereocenters. The SMILES string of the molecule is Cc1ccc(S(=O)(=O)NC(=O)C(CCCCCNC(=O)c2ccc(=O)oc2)c2ccc3ccccc3c2)cc1. The second-order valence-corrected chi connectivity index (χ2v) is 11.1. The lowest BCUT2D eigenvalue weighted by Gasteiger charge is -2.18. The average molecular weight is 547 g/mol. The molecule has 39 heavy (non-hydrogen) atoms. The number of sulfonamides is 1.